The van der Waals surface area contributed by atoms with Crippen molar-refractivity contribution in [2.75, 3.05) is 72.6 Å². The molecule has 0 aromatic rings. The van der Waals surface area contributed by atoms with E-state index in [0.717, 1.165) is 0 Å². The average Bonchev–Trinajstić information content (AvgIpc) is 3.17. The molecule has 0 rings (SSSR count). The summed E-state index contributed by atoms with van der Waals surface area (Å²) in [6.45, 7) is 6.80. The molecule has 0 aliphatic carbocycles. The SMILES string of the molecule is CC(=O)NCCOCCOCC(=O)NC(CCCCCC(=O)C(C)CC(=O)COC(=O)CC(=O)CCCCCC(NC(=O)COCCOCCNC(C)=O)C(N)=O)C(C)=O. The summed E-state index contributed by atoms with van der Waals surface area (Å²) in [6, 6.07) is -1.61. The number of esters is 1. The molecule has 6 N–H and O–H groups in total. The molecule has 0 bridgehead atoms. The zero-order valence-electron chi connectivity index (χ0n) is 35.7. The van der Waals surface area contributed by atoms with Gasteiger partial charge in [0.25, 0.3) is 0 Å². The van der Waals surface area contributed by atoms with Crippen molar-refractivity contribution in [3.63, 3.8) is 0 Å². The van der Waals surface area contributed by atoms with E-state index in [-0.39, 0.29) is 94.5 Å². The monoisotopic (exact) mass is 857 g/mol. The molecule has 0 aromatic carbocycles. The van der Waals surface area contributed by atoms with Crippen molar-refractivity contribution in [2.45, 2.75) is 117 Å². The highest BCUT2D eigenvalue weighted by Gasteiger charge is 2.21. The van der Waals surface area contributed by atoms with Gasteiger partial charge in [-0.05, 0) is 32.6 Å². The van der Waals surface area contributed by atoms with Gasteiger partial charge in [0.15, 0.2) is 11.6 Å². The van der Waals surface area contributed by atoms with E-state index in [1.54, 1.807) is 6.92 Å². The molecule has 5 amide bonds. The molecule has 0 radical (unpaired) electrons. The molecule has 20 heteroatoms. The lowest BCUT2D eigenvalue weighted by atomic mass is 9.95. The minimum Gasteiger partial charge on any atom is -0.457 e. The third kappa shape index (κ3) is 33.2. The summed E-state index contributed by atoms with van der Waals surface area (Å²) >= 11 is 0. The number of rotatable bonds is 39. The van der Waals surface area contributed by atoms with Crippen LogP contribution in [0.3, 0.4) is 0 Å². The molecule has 0 saturated carbocycles. The van der Waals surface area contributed by atoms with Crippen LogP contribution in [0.4, 0.5) is 0 Å². The van der Waals surface area contributed by atoms with Crippen molar-refractivity contribution in [3.05, 3.63) is 0 Å². The zero-order chi connectivity index (χ0) is 45.1. The van der Waals surface area contributed by atoms with Crippen LogP contribution in [-0.2, 0) is 71.6 Å². The number of Topliss-reactive ketones (excluding diaryl/α,β-unsaturated/α-hetero) is 4. The largest absolute Gasteiger partial charge is 0.457 e. The maximum Gasteiger partial charge on any atom is 0.313 e. The van der Waals surface area contributed by atoms with Crippen LogP contribution in [-0.4, -0.2) is 143 Å². The first kappa shape index (κ1) is 55.3. The van der Waals surface area contributed by atoms with Gasteiger partial charge in [-0.1, -0.05) is 32.6 Å². The van der Waals surface area contributed by atoms with Gasteiger partial charge in [-0.3, -0.25) is 47.9 Å². The number of nitrogens with two attached hydrogens (primary N) is 1. The number of amides is 5. The predicted molar refractivity (Wildman–Crippen MR) is 215 cm³/mol. The number of primary amides is 1. The number of nitrogens with one attached hydrogen (secondary N) is 4. The third-order valence-corrected chi connectivity index (χ3v) is 8.64. The van der Waals surface area contributed by atoms with Crippen LogP contribution in [0, 0.1) is 5.92 Å². The summed E-state index contributed by atoms with van der Waals surface area (Å²) in [4.78, 5) is 119. The molecular formula is C40H67N5O15. The maximum atomic E-state index is 12.6. The molecule has 0 spiro atoms. The number of ether oxygens (including phenoxy) is 5. The number of unbranched alkanes of at least 4 members (excludes halogenated alkanes) is 4. The van der Waals surface area contributed by atoms with Crippen molar-refractivity contribution in [1.29, 1.82) is 0 Å². The Balaban J connectivity index is 4.14. The van der Waals surface area contributed by atoms with Crippen molar-refractivity contribution in [3.8, 4) is 0 Å². The molecule has 0 fully saturated rings. The Labute approximate surface area is 352 Å². The first-order valence-electron chi connectivity index (χ1n) is 20.4. The Morgan fingerprint density at radius 2 is 1.03 bits per heavy atom. The van der Waals surface area contributed by atoms with Crippen LogP contribution in [0.25, 0.3) is 0 Å². The second-order valence-electron chi connectivity index (χ2n) is 14.2. The molecule has 60 heavy (non-hydrogen) atoms. The summed E-state index contributed by atoms with van der Waals surface area (Å²) in [5.41, 5.74) is 5.40. The summed E-state index contributed by atoms with van der Waals surface area (Å²) < 4.78 is 25.9. The van der Waals surface area contributed by atoms with E-state index < -0.39 is 60.5 Å². The lowest BCUT2D eigenvalue weighted by Gasteiger charge is -2.16. The van der Waals surface area contributed by atoms with E-state index in [1.165, 1.54) is 20.8 Å². The van der Waals surface area contributed by atoms with E-state index in [0.29, 0.717) is 71.2 Å². The molecule has 342 valence electrons. The van der Waals surface area contributed by atoms with Gasteiger partial charge in [-0.25, -0.2) is 0 Å². The molecule has 0 aliphatic rings. The van der Waals surface area contributed by atoms with Gasteiger partial charge < -0.3 is 50.7 Å². The van der Waals surface area contributed by atoms with Crippen LogP contribution < -0.4 is 27.0 Å². The minimum atomic E-state index is -0.921. The number of hydrogen-bond donors (Lipinski definition) is 5. The summed E-state index contributed by atoms with van der Waals surface area (Å²) in [6.07, 6.45) is 3.42. The lowest BCUT2D eigenvalue weighted by molar-refractivity contribution is -0.150. The number of carbonyl (C=O) groups excluding carboxylic acids is 10. The standard InChI is InChI=1S/C40H67N5O15/c1-28(36(51)14-10-6-8-12-34(29(2)46)44-37(52)26-58-21-19-56-17-15-42-30(3)47)23-33(50)25-60-39(54)24-32(49)11-7-5-9-13-35(40(41)55)45-38(53)27-59-22-20-57-18-16-43-31(4)48/h28,34-35H,5-27H2,1-4H3,(H2,41,55)(H,42,47)(H,43,48)(H,44,52)(H,45,53). The predicted octanol–water partition coefficient (Wildman–Crippen LogP) is -0.0633. The Hall–Kier alpha value is -4.66. The molecular weight excluding hydrogens is 790 g/mol. The van der Waals surface area contributed by atoms with Gasteiger partial charge in [-0.15, -0.1) is 0 Å². The number of hydrogen-bond acceptors (Lipinski definition) is 15. The second kappa shape index (κ2) is 35.1. The van der Waals surface area contributed by atoms with Gasteiger partial charge >= 0.3 is 5.97 Å². The highest BCUT2D eigenvalue weighted by molar-refractivity contribution is 5.96. The number of carbonyl (C=O) groups is 10. The molecule has 3 unspecified atom stereocenters. The topological polar surface area (TPSA) is 291 Å². The fourth-order valence-electron chi connectivity index (χ4n) is 5.40. The molecule has 0 aliphatic heterocycles. The van der Waals surface area contributed by atoms with Crippen LogP contribution in [0.2, 0.25) is 0 Å². The fourth-order valence-corrected chi connectivity index (χ4v) is 5.40. The van der Waals surface area contributed by atoms with Crippen LogP contribution in [0.15, 0.2) is 0 Å². The van der Waals surface area contributed by atoms with Crippen molar-refractivity contribution < 1.29 is 71.6 Å². The molecule has 0 heterocycles. The van der Waals surface area contributed by atoms with Gasteiger partial charge in [0, 0.05) is 52.1 Å². The summed E-state index contributed by atoms with van der Waals surface area (Å²) in [7, 11) is 0. The van der Waals surface area contributed by atoms with Crippen molar-refractivity contribution >= 4 is 58.6 Å². The van der Waals surface area contributed by atoms with Crippen LogP contribution >= 0.6 is 0 Å². The summed E-state index contributed by atoms with van der Waals surface area (Å²) in [5.74, 6) is -4.63. The van der Waals surface area contributed by atoms with E-state index >= 15 is 0 Å². The molecule has 3 atom stereocenters. The highest BCUT2D eigenvalue weighted by atomic mass is 16.5. The highest BCUT2D eigenvalue weighted by Crippen LogP contribution is 2.13. The minimum absolute atomic E-state index is 0.0721. The first-order valence-corrected chi connectivity index (χ1v) is 20.4. The normalized spacial score (nSPS) is 12.3. The first-order chi connectivity index (χ1) is 28.5. The lowest BCUT2D eigenvalue weighted by Crippen LogP contribution is -2.45. The summed E-state index contributed by atoms with van der Waals surface area (Å²) in [5, 5.41) is 10.3. The van der Waals surface area contributed by atoms with E-state index in [2.05, 4.69) is 21.3 Å². The van der Waals surface area contributed by atoms with Gasteiger partial charge in [-0.2, -0.15) is 0 Å². The van der Waals surface area contributed by atoms with E-state index in [1.807, 2.05) is 0 Å². The van der Waals surface area contributed by atoms with E-state index in [4.69, 9.17) is 29.4 Å². The number of ketones is 4. The second-order valence-corrected chi connectivity index (χ2v) is 14.2. The van der Waals surface area contributed by atoms with Crippen molar-refractivity contribution in [1.82, 2.24) is 21.3 Å². The molecule has 0 saturated heterocycles. The van der Waals surface area contributed by atoms with E-state index in [9.17, 15) is 47.9 Å². The Kier molecular flexibility index (Phi) is 32.4. The van der Waals surface area contributed by atoms with Crippen LogP contribution in [0.1, 0.15) is 105 Å². The fraction of sp³-hybridized carbons (Fsp3) is 0.750. The van der Waals surface area contributed by atoms with Gasteiger partial charge in [0.05, 0.1) is 45.7 Å². The molecule has 20 nitrogen and oxygen atoms in total. The third-order valence-electron chi connectivity index (χ3n) is 8.64. The quantitative estimate of drug-likeness (QED) is 0.0307. The van der Waals surface area contributed by atoms with Crippen molar-refractivity contribution in [2.24, 2.45) is 11.7 Å². The Morgan fingerprint density at radius 1 is 0.550 bits per heavy atom. The Bertz CT molecular complexity index is 1380. The maximum absolute atomic E-state index is 12.6. The Morgan fingerprint density at radius 3 is 1.53 bits per heavy atom. The van der Waals surface area contributed by atoms with Gasteiger partial charge in [0.2, 0.25) is 29.5 Å². The molecule has 0 aromatic heterocycles. The smallest absolute Gasteiger partial charge is 0.313 e. The van der Waals surface area contributed by atoms with Crippen LogP contribution in [0.5, 0.6) is 0 Å². The average molecular weight is 858 g/mol. The zero-order valence-corrected chi connectivity index (χ0v) is 35.7. The van der Waals surface area contributed by atoms with Gasteiger partial charge in [0.1, 0.15) is 43.8 Å².